The Bertz CT molecular complexity index is 948. The SMILES string of the molecule is COc1ccc(CN(C(=O)COc2ccc(Cl)cc2Br)[C@H](C)C(=O)NC2CCCCC2)cc1. The first-order valence-corrected chi connectivity index (χ1v) is 12.3. The Kier molecular flexibility index (Phi) is 9.44. The van der Waals surface area contributed by atoms with Crippen molar-refractivity contribution in [3.05, 3.63) is 57.5 Å². The van der Waals surface area contributed by atoms with Crippen molar-refractivity contribution in [2.45, 2.75) is 57.7 Å². The van der Waals surface area contributed by atoms with E-state index in [2.05, 4.69) is 21.2 Å². The number of carbonyl (C=O) groups is 2. The van der Waals surface area contributed by atoms with Crippen LogP contribution in [0.5, 0.6) is 11.5 Å². The largest absolute Gasteiger partial charge is 0.497 e. The molecule has 2 amide bonds. The lowest BCUT2D eigenvalue weighted by Gasteiger charge is -2.31. The number of hydrogen-bond acceptors (Lipinski definition) is 4. The molecule has 178 valence electrons. The van der Waals surface area contributed by atoms with E-state index in [0.717, 1.165) is 37.0 Å². The van der Waals surface area contributed by atoms with Gasteiger partial charge < -0.3 is 19.7 Å². The van der Waals surface area contributed by atoms with Crippen molar-refractivity contribution in [1.29, 1.82) is 0 Å². The highest BCUT2D eigenvalue weighted by molar-refractivity contribution is 9.10. The van der Waals surface area contributed by atoms with Gasteiger partial charge in [-0.3, -0.25) is 9.59 Å². The van der Waals surface area contributed by atoms with Crippen molar-refractivity contribution < 1.29 is 19.1 Å². The molecule has 1 aliphatic carbocycles. The van der Waals surface area contributed by atoms with Gasteiger partial charge in [0.2, 0.25) is 5.91 Å². The molecule has 1 aliphatic rings. The van der Waals surface area contributed by atoms with Gasteiger partial charge in [0.1, 0.15) is 17.5 Å². The molecule has 1 fully saturated rings. The van der Waals surface area contributed by atoms with Crippen LogP contribution in [0.1, 0.15) is 44.6 Å². The maximum absolute atomic E-state index is 13.2. The number of methoxy groups -OCH3 is 1. The third kappa shape index (κ3) is 7.37. The standard InChI is InChI=1S/C25H30BrClN2O4/c1-17(25(31)28-20-6-4-3-5-7-20)29(15-18-8-11-21(32-2)12-9-18)24(30)16-33-23-13-10-19(27)14-22(23)26/h8-14,17,20H,3-7,15-16H2,1-2H3,(H,28,31)/t17-/m1/s1. The first kappa shape index (κ1) is 25.4. The Morgan fingerprint density at radius 2 is 1.85 bits per heavy atom. The van der Waals surface area contributed by atoms with E-state index < -0.39 is 6.04 Å². The molecule has 0 bridgehead atoms. The predicted octanol–water partition coefficient (Wildman–Crippen LogP) is 5.36. The van der Waals surface area contributed by atoms with Crippen LogP contribution in [0, 0.1) is 0 Å². The van der Waals surface area contributed by atoms with E-state index in [1.165, 1.54) is 6.42 Å². The fourth-order valence-electron chi connectivity index (χ4n) is 3.89. The number of carbonyl (C=O) groups excluding carboxylic acids is 2. The normalized spacial score (nSPS) is 14.9. The second-order valence-electron chi connectivity index (χ2n) is 8.25. The minimum absolute atomic E-state index is 0.142. The summed E-state index contributed by atoms with van der Waals surface area (Å²) in [5.74, 6) is 0.822. The van der Waals surface area contributed by atoms with Gasteiger partial charge in [0.25, 0.3) is 5.91 Å². The van der Waals surface area contributed by atoms with E-state index in [4.69, 9.17) is 21.1 Å². The monoisotopic (exact) mass is 536 g/mol. The first-order chi connectivity index (χ1) is 15.9. The zero-order chi connectivity index (χ0) is 23.8. The van der Waals surface area contributed by atoms with Crippen molar-refractivity contribution in [3.63, 3.8) is 0 Å². The van der Waals surface area contributed by atoms with Gasteiger partial charge in [-0.2, -0.15) is 0 Å². The molecule has 6 nitrogen and oxygen atoms in total. The molecule has 33 heavy (non-hydrogen) atoms. The van der Waals surface area contributed by atoms with Gasteiger partial charge in [-0.1, -0.05) is 43.0 Å². The fourth-order valence-corrected chi connectivity index (χ4v) is 4.69. The summed E-state index contributed by atoms with van der Waals surface area (Å²) in [4.78, 5) is 27.8. The van der Waals surface area contributed by atoms with Gasteiger partial charge in [-0.15, -0.1) is 0 Å². The second kappa shape index (κ2) is 12.3. The first-order valence-electron chi connectivity index (χ1n) is 11.2. The van der Waals surface area contributed by atoms with E-state index in [1.54, 1.807) is 37.1 Å². The van der Waals surface area contributed by atoms with Crippen LogP contribution < -0.4 is 14.8 Å². The summed E-state index contributed by atoms with van der Waals surface area (Å²) in [6.07, 6.45) is 5.42. The number of halogens is 2. The molecule has 0 aliphatic heterocycles. The number of hydrogen-bond donors (Lipinski definition) is 1. The van der Waals surface area contributed by atoms with E-state index in [-0.39, 0.29) is 31.0 Å². The predicted molar refractivity (Wildman–Crippen MR) is 133 cm³/mol. The molecule has 0 unspecified atom stereocenters. The summed E-state index contributed by atoms with van der Waals surface area (Å²) in [6.45, 7) is 1.85. The maximum atomic E-state index is 13.2. The number of benzene rings is 2. The van der Waals surface area contributed by atoms with Crippen LogP contribution in [-0.4, -0.2) is 42.5 Å². The van der Waals surface area contributed by atoms with Crippen molar-refractivity contribution in [2.75, 3.05) is 13.7 Å². The second-order valence-corrected chi connectivity index (χ2v) is 9.54. The number of nitrogens with one attached hydrogen (secondary N) is 1. The molecular weight excluding hydrogens is 508 g/mol. The third-order valence-electron chi connectivity index (χ3n) is 5.88. The van der Waals surface area contributed by atoms with Crippen LogP contribution >= 0.6 is 27.5 Å². The zero-order valence-electron chi connectivity index (χ0n) is 19.0. The summed E-state index contributed by atoms with van der Waals surface area (Å²) in [7, 11) is 1.61. The van der Waals surface area contributed by atoms with Gasteiger partial charge in [-0.05, 0) is 71.6 Å². The highest BCUT2D eigenvalue weighted by Crippen LogP contribution is 2.28. The number of nitrogens with zero attached hydrogens (tertiary/aromatic N) is 1. The van der Waals surface area contributed by atoms with E-state index in [9.17, 15) is 9.59 Å². The molecule has 0 radical (unpaired) electrons. The third-order valence-corrected chi connectivity index (χ3v) is 6.73. The van der Waals surface area contributed by atoms with E-state index >= 15 is 0 Å². The van der Waals surface area contributed by atoms with Crippen LogP contribution in [0.15, 0.2) is 46.9 Å². The summed E-state index contributed by atoms with van der Waals surface area (Å²) in [5.41, 5.74) is 0.897. The molecule has 0 heterocycles. The summed E-state index contributed by atoms with van der Waals surface area (Å²) in [6, 6.07) is 12.1. The highest BCUT2D eigenvalue weighted by Gasteiger charge is 2.28. The van der Waals surface area contributed by atoms with Crippen LogP contribution in [-0.2, 0) is 16.1 Å². The van der Waals surface area contributed by atoms with E-state index in [0.29, 0.717) is 15.2 Å². The van der Waals surface area contributed by atoms with Crippen molar-refractivity contribution >= 4 is 39.3 Å². The Balaban J connectivity index is 1.72. The van der Waals surface area contributed by atoms with Crippen LogP contribution in [0.3, 0.4) is 0 Å². The molecule has 0 aromatic heterocycles. The van der Waals surface area contributed by atoms with E-state index in [1.807, 2.05) is 24.3 Å². The molecule has 8 heteroatoms. The Morgan fingerprint density at radius 3 is 2.48 bits per heavy atom. The Hall–Kier alpha value is -2.25. The van der Waals surface area contributed by atoms with Gasteiger partial charge in [0.05, 0.1) is 11.6 Å². The summed E-state index contributed by atoms with van der Waals surface area (Å²) in [5, 5.41) is 3.70. The zero-order valence-corrected chi connectivity index (χ0v) is 21.3. The lowest BCUT2D eigenvalue weighted by Crippen LogP contribution is -2.51. The Morgan fingerprint density at radius 1 is 1.15 bits per heavy atom. The molecule has 0 spiro atoms. The Labute approximate surface area is 208 Å². The highest BCUT2D eigenvalue weighted by atomic mass is 79.9. The lowest BCUT2D eigenvalue weighted by atomic mass is 9.95. The molecule has 1 saturated carbocycles. The van der Waals surface area contributed by atoms with Crippen LogP contribution in [0.4, 0.5) is 0 Å². The average molecular weight is 538 g/mol. The maximum Gasteiger partial charge on any atom is 0.261 e. The van der Waals surface area contributed by atoms with Gasteiger partial charge in [-0.25, -0.2) is 0 Å². The number of amides is 2. The van der Waals surface area contributed by atoms with Gasteiger partial charge in [0, 0.05) is 17.6 Å². The molecule has 1 N–H and O–H groups in total. The van der Waals surface area contributed by atoms with Gasteiger partial charge in [0.15, 0.2) is 6.61 Å². The van der Waals surface area contributed by atoms with Crippen LogP contribution in [0.2, 0.25) is 5.02 Å². The summed E-state index contributed by atoms with van der Waals surface area (Å²) >= 11 is 9.38. The van der Waals surface area contributed by atoms with Crippen molar-refractivity contribution in [2.24, 2.45) is 0 Å². The quantitative estimate of drug-likeness (QED) is 0.468. The van der Waals surface area contributed by atoms with Crippen molar-refractivity contribution in [1.82, 2.24) is 10.2 Å². The molecular formula is C25H30BrClN2O4. The topological polar surface area (TPSA) is 67.9 Å². The van der Waals surface area contributed by atoms with Gasteiger partial charge >= 0.3 is 0 Å². The smallest absolute Gasteiger partial charge is 0.261 e. The lowest BCUT2D eigenvalue weighted by molar-refractivity contribution is -0.142. The molecule has 3 rings (SSSR count). The number of ether oxygens (including phenoxy) is 2. The average Bonchev–Trinajstić information content (AvgIpc) is 2.82. The summed E-state index contributed by atoms with van der Waals surface area (Å²) < 4.78 is 11.6. The molecule has 2 aromatic carbocycles. The fraction of sp³-hybridized carbons (Fsp3) is 0.440. The van der Waals surface area contributed by atoms with Crippen LogP contribution in [0.25, 0.3) is 0 Å². The molecule has 1 atom stereocenters. The minimum atomic E-state index is -0.640. The number of rotatable bonds is 9. The molecule has 2 aromatic rings. The minimum Gasteiger partial charge on any atom is -0.497 e. The molecule has 0 saturated heterocycles. The van der Waals surface area contributed by atoms with Crippen molar-refractivity contribution in [3.8, 4) is 11.5 Å².